The Hall–Kier alpha value is -1.79. The standard InChI is InChI=1S/C18H21ClN2O4/c1-17-3-4-18(9-17,10-25-17)5-6-21-15(22)11-7-12(19)14(24-2)8-13(11)20-16(21)23/h7-8H,3-6,9-10H2,1-2H3,(H,20,23). The Kier molecular flexibility index (Phi) is 3.74. The summed E-state index contributed by atoms with van der Waals surface area (Å²) < 4.78 is 12.3. The maximum Gasteiger partial charge on any atom is 0.328 e. The Bertz CT molecular complexity index is 954. The molecule has 1 aromatic carbocycles. The van der Waals surface area contributed by atoms with Crippen molar-refractivity contribution in [3.8, 4) is 5.75 Å². The minimum atomic E-state index is -0.405. The molecule has 25 heavy (non-hydrogen) atoms. The van der Waals surface area contributed by atoms with E-state index >= 15 is 0 Å². The van der Waals surface area contributed by atoms with Gasteiger partial charge in [0.2, 0.25) is 0 Å². The third-order valence-electron chi connectivity index (χ3n) is 5.78. The van der Waals surface area contributed by atoms with E-state index < -0.39 is 5.69 Å². The summed E-state index contributed by atoms with van der Waals surface area (Å²) in [6, 6.07) is 3.13. The third kappa shape index (κ3) is 2.68. The van der Waals surface area contributed by atoms with Crippen LogP contribution in [-0.2, 0) is 11.3 Å². The number of nitrogens with zero attached hydrogens (tertiary/aromatic N) is 1. The monoisotopic (exact) mass is 364 g/mol. The van der Waals surface area contributed by atoms with Crippen molar-refractivity contribution < 1.29 is 9.47 Å². The second-order valence-electron chi connectivity index (χ2n) is 7.58. The highest BCUT2D eigenvalue weighted by molar-refractivity contribution is 6.32. The highest BCUT2D eigenvalue weighted by Crippen LogP contribution is 2.54. The molecule has 2 aliphatic rings. The van der Waals surface area contributed by atoms with Crippen molar-refractivity contribution in [3.05, 3.63) is 38.0 Å². The zero-order valence-electron chi connectivity index (χ0n) is 14.4. The number of rotatable bonds is 4. The van der Waals surface area contributed by atoms with Gasteiger partial charge < -0.3 is 14.5 Å². The zero-order chi connectivity index (χ0) is 17.8. The topological polar surface area (TPSA) is 73.3 Å². The summed E-state index contributed by atoms with van der Waals surface area (Å²) in [5.41, 5.74) is -0.224. The molecule has 2 bridgehead atoms. The quantitative estimate of drug-likeness (QED) is 0.905. The number of H-pyrrole nitrogens is 1. The third-order valence-corrected chi connectivity index (χ3v) is 6.08. The van der Waals surface area contributed by atoms with Crippen LogP contribution in [0.2, 0.25) is 5.02 Å². The molecule has 6 nitrogen and oxygen atoms in total. The zero-order valence-corrected chi connectivity index (χ0v) is 15.1. The van der Waals surface area contributed by atoms with Gasteiger partial charge in [-0.25, -0.2) is 4.79 Å². The van der Waals surface area contributed by atoms with Gasteiger partial charge in [-0.3, -0.25) is 9.36 Å². The normalized spacial score (nSPS) is 28.0. The van der Waals surface area contributed by atoms with E-state index in [4.69, 9.17) is 21.1 Å². The van der Waals surface area contributed by atoms with Crippen LogP contribution in [0, 0.1) is 5.41 Å². The molecule has 2 atom stereocenters. The van der Waals surface area contributed by atoms with Crippen molar-refractivity contribution >= 4 is 22.5 Å². The molecule has 7 heteroatoms. The predicted molar refractivity (Wildman–Crippen MR) is 95.6 cm³/mol. The maximum absolute atomic E-state index is 12.8. The van der Waals surface area contributed by atoms with Gasteiger partial charge in [-0.2, -0.15) is 0 Å². The number of fused-ring (bicyclic) bond motifs is 3. The molecule has 2 fully saturated rings. The van der Waals surface area contributed by atoms with E-state index in [0.29, 0.717) is 34.8 Å². The fourth-order valence-electron chi connectivity index (χ4n) is 4.32. The van der Waals surface area contributed by atoms with Crippen LogP contribution < -0.4 is 16.0 Å². The molecule has 2 unspecified atom stereocenters. The number of ether oxygens (including phenoxy) is 2. The van der Waals surface area contributed by atoms with E-state index in [1.165, 1.54) is 11.7 Å². The van der Waals surface area contributed by atoms with Crippen molar-refractivity contribution in [2.24, 2.45) is 5.41 Å². The van der Waals surface area contributed by atoms with Crippen LogP contribution in [0.1, 0.15) is 32.6 Å². The number of hydrogen-bond donors (Lipinski definition) is 1. The van der Waals surface area contributed by atoms with Crippen LogP contribution >= 0.6 is 11.6 Å². The molecule has 134 valence electrons. The van der Waals surface area contributed by atoms with Crippen LogP contribution in [-0.4, -0.2) is 28.9 Å². The summed E-state index contributed by atoms with van der Waals surface area (Å²) in [7, 11) is 1.49. The number of hydrogen-bond acceptors (Lipinski definition) is 4. The van der Waals surface area contributed by atoms with Gasteiger partial charge in [0.25, 0.3) is 5.56 Å². The van der Waals surface area contributed by atoms with Gasteiger partial charge in [0, 0.05) is 12.6 Å². The number of halogens is 1. The summed E-state index contributed by atoms with van der Waals surface area (Å²) in [5, 5.41) is 0.738. The van der Waals surface area contributed by atoms with E-state index in [2.05, 4.69) is 11.9 Å². The molecule has 0 radical (unpaired) electrons. The molecule has 1 aliphatic carbocycles. The molecule has 1 saturated carbocycles. The second-order valence-corrected chi connectivity index (χ2v) is 7.99. The van der Waals surface area contributed by atoms with Crippen molar-refractivity contribution in [2.45, 2.75) is 44.8 Å². The number of aromatic nitrogens is 2. The lowest BCUT2D eigenvalue weighted by molar-refractivity contribution is -0.0173. The average Bonchev–Trinajstić information content (AvgIpc) is 3.09. The van der Waals surface area contributed by atoms with Gasteiger partial charge in [-0.15, -0.1) is 0 Å². The number of benzene rings is 1. The molecule has 0 amide bonds. The lowest BCUT2D eigenvalue weighted by Crippen LogP contribution is -2.37. The van der Waals surface area contributed by atoms with E-state index in [9.17, 15) is 9.59 Å². The lowest BCUT2D eigenvalue weighted by atomic mass is 9.84. The molecule has 1 aromatic heterocycles. The predicted octanol–water partition coefficient (Wildman–Crippen LogP) is 2.70. The first-order valence-electron chi connectivity index (χ1n) is 8.49. The highest BCUT2D eigenvalue weighted by atomic mass is 35.5. The second kappa shape index (κ2) is 5.61. The Morgan fingerprint density at radius 1 is 1.36 bits per heavy atom. The summed E-state index contributed by atoms with van der Waals surface area (Å²) in [5.74, 6) is 0.425. The Morgan fingerprint density at radius 2 is 2.16 bits per heavy atom. The van der Waals surface area contributed by atoms with Crippen LogP contribution in [0.25, 0.3) is 10.9 Å². The van der Waals surface area contributed by atoms with Crippen LogP contribution in [0.15, 0.2) is 21.7 Å². The van der Waals surface area contributed by atoms with Crippen molar-refractivity contribution in [1.29, 1.82) is 0 Å². The molecule has 2 aromatic rings. The smallest absolute Gasteiger partial charge is 0.328 e. The minimum absolute atomic E-state index is 0.0230. The summed E-state index contributed by atoms with van der Waals surface area (Å²) in [6.07, 6.45) is 3.91. The SMILES string of the molecule is COc1cc2[nH]c(=O)n(CCC34CCC(C)(C3)OC4)c(=O)c2cc1Cl. The fourth-order valence-corrected chi connectivity index (χ4v) is 4.56. The van der Waals surface area contributed by atoms with Crippen LogP contribution in [0.5, 0.6) is 5.75 Å². The molecular formula is C18H21ClN2O4. The summed E-state index contributed by atoms with van der Waals surface area (Å²) in [4.78, 5) is 28.0. The van der Waals surface area contributed by atoms with Gasteiger partial charge in [-0.05, 0) is 44.1 Å². The Balaban J connectivity index is 1.68. The van der Waals surface area contributed by atoms with E-state index in [0.717, 1.165) is 25.7 Å². The molecule has 0 spiro atoms. The van der Waals surface area contributed by atoms with Gasteiger partial charge in [-0.1, -0.05) is 11.6 Å². The van der Waals surface area contributed by atoms with Gasteiger partial charge in [0.1, 0.15) is 5.75 Å². The van der Waals surface area contributed by atoms with Gasteiger partial charge >= 0.3 is 5.69 Å². The Labute approximate surface area is 149 Å². The van der Waals surface area contributed by atoms with Crippen LogP contribution in [0.3, 0.4) is 0 Å². The lowest BCUT2D eigenvalue weighted by Gasteiger charge is -2.26. The van der Waals surface area contributed by atoms with Crippen molar-refractivity contribution in [3.63, 3.8) is 0 Å². The molecule has 4 rings (SSSR count). The minimum Gasteiger partial charge on any atom is -0.495 e. The Morgan fingerprint density at radius 3 is 2.76 bits per heavy atom. The summed E-state index contributed by atoms with van der Waals surface area (Å²) >= 11 is 6.13. The van der Waals surface area contributed by atoms with Gasteiger partial charge in [0.05, 0.1) is 35.2 Å². The van der Waals surface area contributed by atoms with E-state index in [-0.39, 0.29) is 16.6 Å². The van der Waals surface area contributed by atoms with Gasteiger partial charge in [0.15, 0.2) is 0 Å². The van der Waals surface area contributed by atoms with Crippen LogP contribution in [0.4, 0.5) is 0 Å². The number of methoxy groups -OCH3 is 1. The average molecular weight is 365 g/mol. The first kappa shape index (κ1) is 16.7. The molecule has 1 aliphatic heterocycles. The molecule has 2 heterocycles. The van der Waals surface area contributed by atoms with Crippen molar-refractivity contribution in [2.75, 3.05) is 13.7 Å². The number of aromatic amines is 1. The van der Waals surface area contributed by atoms with Crippen molar-refractivity contribution in [1.82, 2.24) is 9.55 Å². The summed E-state index contributed by atoms with van der Waals surface area (Å²) in [6.45, 7) is 3.24. The molecular weight excluding hydrogens is 344 g/mol. The fraction of sp³-hybridized carbons (Fsp3) is 0.556. The first-order valence-corrected chi connectivity index (χ1v) is 8.87. The first-order chi connectivity index (χ1) is 11.8. The van der Waals surface area contributed by atoms with E-state index in [1.807, 2.05) is 0 Å². The largest absolute Gasteiger partial charge is 0.495 e. The highest BCUT2D eigenvalue weighted by Gasteiger charge is 2.52. The molecule has 1 saturated heterocycles. The number of nitrogens with one attached hydrogen (secondary N) is 1. The maximum atomic E-state index is 12.8. The van der Waals surface area contributed by atoms with E-state index in [1.54, 1.807) is 12.1 Å². The molecule has 1 N–H and O–H groups in total.